The summed E-state index contributed by atoms with van der Waals surface area (Å²) in [6.07, 6.45) is 0. The number of nitrogens with two attached hydrogens (primary N) is 1. The largest absolute Gasteiger partial charge is 0.383 e. The van der Waals surface area contributed by atoms with Crippen LogP contribution in [0, 0.1) is 0 Å². The maximum absolute atomic E-state index is 7.54. The highest BCUT2D eigenvalue weighted by molar-refractivity contribution is 7.27. The molecule has 5 nitrogen and oxygen atoms in total. The molecule has 0 radical (unpaired) electrons. The lowest BCUT2D eigenvalue weighted by atomic mass is 9.90. The van der Waals surface area contributed by atoms with Crippen molar-refractivity contribution in [1.29, 1.82) is 0 Å². The van der Waals surface area contributed by atoms with Gasteiger partial charge in [0.15, 0.2) is 5.84 Å². The second kappa shape index (κ2) is 17.9. The molecule has 7 heteroatoms. The molecule has 0 aliphatic rings. The number of aromatic nitrogens is 2. The molecule has 0 fully saturated rings. The van der Waals surface area contributed by atoms with Crippen molar-refractivity contribution < 1.29 is 0 Å². The summed E-state index contributed by atoms with van der Waals surface area (Å²) in [5, 5.41) is 9.82. The minimum atomic E-state index is 0.395. The molecular formula is C69H45N5S2. The van der Waals surface area contributed by atoms with E-state index < -0.39 is 0 Å². The molecule has 4 aromatic heterocycles. The number of amidine groups is 2. The van der Waals surface area contributed by atoms with Gasteiger partial charge < -0.3 is 14.9 Å². The summed E-state index contributed by atoms with van der Waals surface area (Å²) in [6.45, 7) is 0.465. The molecule has 15 rings (SSSR count). The number of benzene rings is 11. The third kappa shape index (κ3) is 7.04. The zero-order valence-corrected chi connectivity index (χ0v) is 42.7. The second-order valence-electron chi connectivity index (χ2n) is 19.4. The summed E-state index contributed by atoms with van der Waals surface area (Å²) in [4.78, 5) is 10.5. The minimum Gasteiger partial charge on any atom is -0.383 e. The minimum absolute atomic E-state index is 0.395. The van der Waals surface area contributed by atoms with Gasteiger partial charge in [-0.1, -0.05) is 194 Å². The predicted octanol–water partition coefficient (Wildman–Crippen LogP) is 18.3. The number of fused-ring (bicyclic) bond motifs is 14. The van der Waals surface area contributed by atoms with Crippen molar-refractivity contribution >= 4 is 118 Å². The number of nitrogens with zero attached hydrogens (tertiary/aromatic N) is 4. The van der Waals surface area contributed by atoms with E-state index >= 15 is 0 Å². The second-order valence-corrected chi connectivity index (χ2v) is 21.5. The van der Waals surface area contributed by atoms with Gasteiger partial charge in [0.25, 0.3) is 0 Å². The van der Waals surface area contributed by atoms with Gasteiger partial charge in [-0.3, -0.25) is 4.99 Å². The molecule has 76 heavy (non-hydrogen) atoms. The van der Waals surface area contributed by atoms with E-state index in [1.165, 1.54) is 84.0 Å². The van der Waals surface area contributed by atoms with Crippen molar-refractivity contribution in [3.8, 4) is 33.6 Å². The molecule has 2 N–H and O–H groups in total. The zero-order valence-electron chi connectivity index (χ0n) is 41.1. The fraction of sp³-hybridized carbons (Fsp3) is 0.0145. The standard InChI is InChI=1S/C69H45N5S2/c70-68(72-69(44-21-7-2-8-22-44)71-42-43-19-5-1-6-20-43)57-41-45(48-29-17-33-60-62(48)55-39-37-53-50-27-13-15-31-58(50)73(64(53)66(55)75-60)46-23-9-3-10-24-46)35-36-49(57)52-30-18-34-61-63(52)56-40-38-54-51-28-14-16-32-59(51)74(65(54)67(56)76-61)47-25-11-4-12-26-47/h1-41H,42H2,(H2,70,71,72). The summed E-state index contributed by atoms with van der Waals surface area (Å²) in [7, 11) is 0. The lowest BCUT2D eigenvalue weighted by Crippen LogP contribution is -2.18. The van der Waals surface area contributed by atoms with Crippen LogP contribution >= 0.6 is 22.7 Å². The van der Waals surface area contributed by atoms with E-state index in [1.54, 1.807) is 0 Å². The molecule has 4 heterocycles. The summed E-state index contributed by atoms with van der Waals surface area (Å²) in [5.74, 6) is 0.976. The van der Waals surface area contributed by atoms with Gasteiger partial charge in [0.1, 0.15) is 5.84 Å². The van der Waals surface area contributed by atoms with Gasteiger partial charge in [0, 0.05) is 75.0 Å². The molecule has 11 aromatic carbocycles. The first kappa shape index (κ1) is 44.1. The van der Waals surface area contributed by atoms with Crippen molar-refractivity contribution in [3.05, 3.63) is 265 Å². The Balaban J connectivity index is 0.976. The van der Waals surface area contributed by atoms with Gasteiger partial charge in [-0.15, -0.1) is 22.7 Å². The number of hydrogen-bond acceptors (Lipinski definition) is 3. The molecule has 0 unspecified atom stereocenters. The van der Waals surface area contributed by atoms with Crippen LogP contribution < -0.4 is 5.73 Å². The van der Waals surface area contributed by atoms with Crippen LogP contribution in [0.1, 0.15) is 16.7 Å². The van der Waals surface area contributed by atoms with Gasteiger partial charge in [-0.2, -0.15) is 0 Å². The highest BCUT2D eigenvalue weighted by atomic mass is 32.1. The summed E-state index contributed by atoms with van der Waals surface area (Å²) < 4.78 is 9.82. The molecule has 0 amide bonds. The Hall–Kier alpha value is -9.40. The number of rotatable bonds is 8. The highest BCUT2D eigenvalue weighted by Gasteiger charge is 2.24. The Labute approximate surface area is 446 Å². The lowest BCUT2D eigenvalue weighted by Gasteiger charge is -2.15. The Morgan fingerprint density at radius 3 is 1.47 bits per heavy atom. The van der Waals surface area contributed by atoms with Gasteiger partial charge in [-0.05, 0) is 82.4 Å². The quantitative estimate of drug-likeness (QED) is 0.120. The molecule has 15 aromatic rings. The van der Waals surface area contributed by atoms with E-state index in [9.17, 15) is 0 Å². The zero-order chi connectivity index (χ0) is 50.3. The van der Waals surface area contributed by atoms with Crippen LogP contribution in [0.3, 0.4) is 0 Å². The number of hydrogen-bond donors (Lipinski definition) is 1. The van der Waals surface area contributed by atoms with Gasteiger partial charge >= 0.3 is 0 Å². The fourth-order valence-corrected chi connectivity index (χ4v) is 14.2. The van der Waals surface area contributed by atoms with Crippen LogP contribution in [0.15, 0.2) is 259 Å². The van der Waals surface area contributed by atoms with Crippen LogP contribution in [0.5, 0.6) is 0 Å². The van der Waals surface area contributed by atoms with Crippen LogP contribution in [0.4, 0.5) is 0 Å². The number of thiophene rings is 2. The molecule has 0 spiro atoms. The molecule has 358 valence electrons. The number of para-hydroxylation sites is 4. The Bertz CT molecular complexity index is 4830. The van der Waals surface area contributed by atoms with Gasteiger partial charge in [0.2, 0.25) is 0 Å². The molecule has 0 atom stereocenters. The molecular weight excluding hydrogens is 963 g/mol. The number of aliphatic imine (C=N–C) groups is 2. The van der Waals surface area contributed by atoms with Crippen molar-refractivity contribution in [2.24, 2.45) is 15.7 Å². The van der Waals surface area contributed by atoms with Crippen molar-refractivity contribution in [1.82, 2.24) is 9.13 Å². The van der Waals surface area contributed by atoms with Crippen LogP contribution in [-0.4, -0.2) is 20.8 Å². The Kier molecular flexibility index (Phi) is 10.4. The van der Waals surface area contributed by atoms with Crippen molar-refractivity contribution in [3.63, 3.8) is 0 Å². The first-order valence-corrected chi connectivity index (χ1v) is 27.3. The predicted molar refractivity (Wildman–Crippen MR) is 326 cm³/mol. The first-order chi connectivity index (χ1) is 37.6. The third-order valence-corrected chi connectivity index (χ3v) is 17.4. The lowest BCUT2D eigenvalue weighted by molar-refractivity contribution is 1.06. The summed E-state index contributed by atoms with van der Waals surface area (Å²) in [6, 6.07) is 89.1. The average molecular weight is 1010 g/mol. The van der Waals surface area contributed by atoms with E-state index in [-0.39, 0.29) is 0 Å². The van der Waals surface area contributed by atoms with E-state index in [0.29, 0.717) is 18.2 Å². The molecule has 0 bridgehead atoms. The van der Waals surface area contributed by atoms with E-state index in [1.807, 2.05) is 59.1 Å². The smallest absolute Gasteiger partial charge is 0.157 e. The van der Waals surface area contributed by atoms with Gasteiger partial charge in [0.05, 0.1) is 38.0 Å². The van der Waals surface area contributed by atoms with Crippen LogP contribution in [-0.2, 0) is 6.54 Å². The maximum atomic E-state index is 7.54. The average Bonchev–Trinajstić information content (AvgIpc) is 4.27. The molecule has 0 saturated heterocycles. The monoisotopic (exact) mass is 1010 g/mol. The van der Waals surface area contributed by atoms with Crippen LogP contribution in [0.25, 0.3) is 118 Å². The van der Waals surface area contributed by atoms with Crippen molar-refractivity contribution in [2.45, 2.75) is 6.54 Å². The highest BCUT2D eigenvalue weighted by Crippen LogP contribution is 2.49. The van der Waals surface area contributed by atoms with Crippen molar-refractivity contribution in [2.75, 3.05) is 0 Å². The normalized spacial score (nSPS) is 12.5. The first-order valence-electron chi connectivity index (χ1n) is 25.6. The van der Waals surface area contributed by atoms with Crippen LogP contribution in [0.2, 0.25) is 0 Å². The summed E-state index contributed by atoms with van der Waals surface area (Å²) in [5.41, 5.74) is 21.8. The van der Waals surface area contributed by atoms with Gasteiger partial charge in [-0.25, -0.2) is 4.99 Å². The van der Waals surface area contributed by atoms with E-state index in [2.05, 4.69) is 221 Å². The summed E-state index contributed by atoms with van der Waals surface area (Å²) >= 11 is 3.72. The molecule has 0 aliphatic carbocycles. The van der Waals surface area contributed by atoms with E-state index in [0.717, 1.165) is 50.3 Å². The molecule has 0 aliphatic heterocycles. The Morgan fingerprint density at radius 1 is 0.408 bits per heavy atom. The Morgan fingerprint density at radius 2 is 0.895 bits per heavy atom. The van der Waals surface area contributed by atoms with E-state index in [4.69, 9.17) is 15.7 Å². The fourth-order valence-electron chi connectivity index (χ4n) is 11.7. The topological polar surface area (TPSA) is 60.6 Å². The molecule has 0 saturated carbocycles. The SMILES string of the molecule is NC(=NC(=NCc1ccccc1)c1ccccc1)c1cc(-c2cccc3sc4c(ccc5c6ccccc6n(-c6ccccc6)c54)c23)ccc1-c1cccc2sc3c(ccc4c5ccccc5n(-c5ccccc5)c43)c12. The third-order valence-electron chi connectivity index (χ3n) is 15.0. The maximum Gasteiger partial charge on any atom is 0.157 e.